The number of carboxylic acid groups (broad SMARTS) is 1. The summed E-state index contributed by atoms with van der Waals surface area (Å²) in [5.74, 6) is -2.15. The summed E-state index contributed by atoms with van der Waals surface area (Å²) >= 11 is 0. The predicted octanol–water partition coefficient (Wildman–Crippen LogP) is 2.64. The largest absolute Gasteiger partial charge is 0.481 e. The first-order valence-corrected chi connectivity index (χ1v) is 4.59. The van der Waals surface area contributed by atoms with Crippen LogP contribution < -0.4 is 5.32 Å². The van der Waals surface area contributed by atoms with E-state index in [0.717, 1.165) is 24.3 Å². The van der Waals surface area contributed by atoms with Crippen LogP contribution in [0.25, 0.3) is 0 Å². The molecule has 0 radical (unpaired) electrons. The summed E-state index contributed by atoms with van der Waals surface area (Å²) in [7, 11) is 0. The van der Waals surface area contributed by atoms with Gasteiger partial charge in [-0.2, -0.15) is 13.2 Å². The van der Waals surface area contributed by atoms with Crippen molar-refractivity contribution >= 4 is 11.7 Å². The Kier molecular flexibility index (Phi) is 3.93. The average Bonchev–Trinajstić information content (AvgIpc) is 2.18. The fourth-order valence-corrected chi connectivity index (χ4v) is 1.17. The highest BCUT2D eigenvalue weighted by molar-refractivity contribution is 5.68. The van der Waals surface area contributed by atoms with E-state index >= 15 is 0 Å². The molecule has 94 valence electrons. The van der Waals surface area contributed by atoms with Gasteiger partial charge in [0.15, 0.2) is 0 Å². The normalized spacial score (nSPS) is 13.2. The van der Waals surface area contributed by atoms with Gasteiger partial charge in [-0.15, -0.1) is 0 Å². The lowest BCUT2D eigenvalue weighted by molar-refractivity contribution is -0.157. The number of carboxylic acids is 1. The van der Waals surface area contributed by atoms with Gasteiger partial charge in [0.2, 0.25) is 0 Å². The molecule has 7 heteroatoms. The third kappa shape index (κ3) is 4.29. The van der Waals surface area contributed by atoms with Gasteiger partial charge >= 0.3 is 12.1 Å². The van der Waals surface area contributed by atoms with Crippen molar-refractivity contribution in [1.29, 1.82) is 0 Å². The molecule has 0 spiro atoms. The first-order valence-electron chi connectivity index (χ1n) is 4.59. The van der Waals surface area contributed by atoms with E-state index in [1.165, 1.54) is 0 Å². The van der Waals surface area contributed by atoms with E-state index in [-0.39, 0.29) is 5.69 Å². The second-order valence-electron chi connectivity index (χ2n) is 3.34. The van der Waals surface area contributed by atoms with Crippen LogP contribution >= 0.6 is 0 Å². The van der Waals surface area contributed by atoms with Crippen LogP contribution in [0.5, 0.6) is 0 Å². The minimum Gasteiger partial charge on any atom is -0.481 e. The fraction of sp³-hybridized carbons (Fsp3) is 0.300. The SMILES string of the molecule is O=C(O)C[C@H](Nc1ccc(F)cc1)C(F)(F)F. The van der Waals surface area contributed by atoms with Crippen molar-refractivity contribution in [1.82, 2.24) is 0 Å². The summed E-state index contributed by atoms with van der Waals surface area (Å²) in [6.07, 6.45) is -5.78. The molecule has 0 saturated heterocycles. The lowest BCUT2D eigenvalue weighted by atomic mass is 10.2. The molecule has 2 N–H and O–H groups in total. The zero-order valence-electron chi connectivity index (χ0n) is 8.46. The molecule has 1 rings (SSSR count). The maximum Gasteiger partial charge on any atom is 0.409 e. The Morgan fingerprint density at radius 1 is 1.29 bits per heavy atom. The molecule has 0 saturated carbocycles. The minimum absolute atomic E-state index is 0.00924. The van der Waals surface area contributed by atoms with Crippen LogP contribution in [0.3, 0.4) is 0 Å². The standard InChI is InChI=1S/C10H9F4NO2/c11-6-1-3-7(4-2-6)15-8(5-9(16)17)10(12,13)14/h1-4,8,15H,5H2,(H,16,17)/t8-/m0/s1. The highest BCUT2D eigenvalue weighted by Crippen LogP contribution is 2.26. The van der Waals surface area contributed by atoms with Crippen molar-refractivity contribution < 1.29 is 27.5 Å². The number of nitrogens with one attached hydrogen (secondary N) is 1. The summed E-state index contributed by atoms with van der Waals surface area (Å²) in [5, 5.41) is 10.4. The second-order valence-corrected chi connectivity index (χ2v) is 3.34. The van der Waals surface area contributed by atoms with Gasteiger partial charge in [-0.25, -0.2) is 4.39 Å². The quantitative estimate of drug-likeness (QED) is 0.809. The number of carbonyl (C=O) groups is 1. The molecule has 0 aromatic heterocycles. The minimum atomic E-state index is -4.69. The van der Waals surface area contributed by atoms with Crippen LogP contribution in [0, 0.1) is 5.82 Å². The van der Waals surface area contributed by atoms with Gasteiger partial charge in [0.25, 0.3) is 0 Å². The summed E-state index contributed by atoms with van der Waals surface area (Å²) in [4.78, 5) is 10.3. The number of halogens is 4. The topological polar surface area (TPSA) is 49.3 Å². The Morgan fingerprint density at radius 2 is 1.82 bits per heavy atom. The van der Waals surface area contributed by atoms with E-state index in [0.29, 0.717) is 0 Å². The number of hydrogen-bond donors (Lipinski definition) is 2. The molecule has 0 fully saturated rings. The highest BCUT2D eigenvalue weighted by atomic mass is 19.4. The maximum atomic E-state index is 12.5. The highest BCUT2D eigenvalue weighted by Gasteiger charge is 2.41. The molecule has 0 aliphatic heterocycles. The summed E-state index contributed by atoms with van der Waals surface area (Å²) < 4.78 is 49.9. The van der Waals surface area contributed by atoms with Gasteiger partial charge in [0.05, 0.1) is 6.42 Å². The molecular formula is C10H9F4NO2. The molecule has 1 aromatic rings. The Bertz CT molecular complexity index is 388. The first-order chi connectivity index (χ1) is 7.79. The summed E-state index contributed by atoms with van der Waals surface area (Å²) in [6.45, 7) is 0. The van der Waals surface area contributed by atoms with Gasteiger partial charge in [-0.1, -0.05) is 0 Å². The van der Waals surface area contributed by atoms with Crippen LogP contribution in [0.1, 0.15) is 6.42 Å². The van der Waals surface area contributed by atoms with Crippen molar-refractivity contribution in [2.75, 3.05) is 5.32 Å². The molecule has 0 aliphatic carbocycles. The van der Waals surface area contributed by atoms with Crippen LogP contribution in [0.4, 0.5) is 23.2 Å². The Hall–Kier alpha value is -1.79. The van der Waals surface area contributed by atoms with Gasteiger partial charge in [-0.05, 0) is 24.3 Å². The van der Waals surface area contributed by atoms with Gasteiger partial charge in [-0.3, -0.25) is 4.79 Å². The molecule has 1 atom stereocenters. The van der Waals surface area contributed by atoms with Gasteiger partial charge in [0, 0.05) is 5.69 Å². The zero-order chi connectivity index (χ0) is 13.1. The maximum absolute atomic E-state index is 12.5. The van der Waals surface area contributed by atoms with Crippen LogP contribution in [0.2, 0.25) is 0 Å². The van der Waals surface area contributed by atoms with E-state index in [1.54, 1.807) is 0 Å². The van der Waals surface area contributed by atoms with Crippen molar-refractivity contribution in [3.63, 3.8) is 0 Å². The smallest absolute Gasteiger partial charge is 0.409 e. The Labute approximate surface area is 94.1 Å². The van der Waals surface area contributed by atoms with E-state index in [2.05, 4.69) is 0 Å². The molecule has 17 heavy (non-hydrogen) atoms. The van der Waals surface area contributed by atoms with Crippen LogP contribution in [-0.4, -0.2) is 23.3 Å². The predicted molar refractivity (Wildman–Crippen MR) is 52.1 cm³/mol. The second kappa shape index (κ2) is 5.03. The monoisotopic (exact) mass is 251 g/mol. The molecule has 0 amide bonds. The van der Waals surface area contributed by atoms with Crippen LogP contribution in [-0.2, 0) is 4.79 Å². The van der Waals surface area contributed by atoms with Crippen molar-refractivity contribution in [2.24, 2.45) is 0 Å². The third-order valence-corrected chi connectivity index (χ3v) is 1.96. The van der Waals surface area contributed by atoms with E-state index in [1.807, 2.05) is 5.32 Å². The molecule has 0 heterocycles. The van der Waals surface area contributed by atoms with Crippen LogP contribution in [0.15, 0.2) is 24.3 Å². The van der Waals surface area contributed by atoms with Gasteiger partial charge in [0.1, 0.15) is 11.9 Å². The molecule has 0 aliphatic rings. The number of hydrogen-bond acceptors (Lipinski definition) is 2. The zero-order valence-corrected chi connectivity index (χ0v) is 8.46. The van der Waals surface area contributed by atoms with E-state index in [4.69, 9.17) is 5.11 Å². The number of aliphatic carboxylic acids is 1. The van der Waals surface area contributed by atoms with Crippen molar-refractivity contribution in [3.8, 4) is 0 Å². The lowest BCUT2D eigenvalue weighted by Gasteiger charge is -2.21. The van der Waals surface area contributed by atoms with Gasteiger partial charge < -0.3 is 10.4 Å². The summed E-state index contributed by atoms with van der Waals surface area (Å²) in [6, 6.07) is 1.98. The number of alkyl halides is 3. The Morgan fingerprint density at radius 3 is 2.24 bits per heavy atom. The first kappa shape index (κ1) is 13.3. The van der Waals surface area contributed by atoms with E-state index < -0.39 is 30.4 Å². The summed E-state index contributed by atoms with van der Waals surface area (Å²) in [5.41, 5.74) is 0.00924. The molecular weight excluding hydrogens is 242 g/mol. The molecule has 0 bridgehead atoms. The molecule has 0 unspecified atom stereocenters. The van der Waals surface area contributed by atoms with Crippen molar-refractivity contribution in [3.05, 3.63) is 30.1 Å². The Balaban J connectivity index is 2.79. The molecule has 1 aromatic carbocycles. The third-order valence-electron chi connectivity index (χ3n) is 1.96. The fourth-order valence-electron chi connectivity index (χ4n) is 1.17. The number of anilines is 1. The van der Waals surface area contributed by atoms with Crippen molar-refractivity contribution in [2.45, 2.75) is 18.6 Å². The lowest BCUT2D eigenvalue weighted by Crippen LogP contribution is -2.38. The number of benzene rings is 1. The molecule has 3 nitrogen and oxygen atoms in total. The number of rotatable bonds is 4. The average molecular weight is 251 g/mol. The van der Waals surface area contributed by atoms with E-state index in [9.17, 15) is 22.4 Å².